The smallest absolute Gasteiger partial charge is 0.409 e. The molecule has 1 N–H and O–H groups in total. The van der Waals surface area contributed by atoms with Crippen LogP contribution in [-0.2, 0) is 20.7 Å². The van der Waals surface area contributed by atoms with Crippen LogP contribution in [0, 0.1) is 5.41 Å². The summed E-state index contributed by atoms with van der Waals surface area (Å²) in [5.74, 6) is -0.363. The number of nitrogens with one attached hydrogen (secondary N) is 1. The van der Waals surface area contributed by atoms with Gasteiger partial charge in [0.1, 0.15) is 5.41 Å². The highest BCUT2D eigenvalue weighted by Gasteiger charge is 2.58. The third-order valence-corrected chi connectivity index (χ3v) is 5.31. The Morgan fingerprint density at radius 3 is 2.11 bits per heavy atom. The van der Waals surface area contributed by atoms with E-state index in [4.69, 9.17) is 4.74 Å². The van der Waals surface area contributed by atoms with Gasteiger partial charge in [-0.3, -0.25) is 9.59 Å². The molecule has 1 saturated heterocycles. The van der Waals surface area contributed by atoms with Crippen molar-refractivity contribution in [3.8, 4) is 0 Å². The minimum absolute atomic E-state index is 0.131. The number of ether oxygens (including phenoxy) is 1. The SMILES string of the molecule is CCOC(=O)N1CCN(C(=O)C2(C(=O)Nc3ccc(CC)cc3)CC2)CC1. The number of anilines is 1. The molecule has 0 atom stereocenters. The molecule has 1 aliphatic carbocycles. The van der Waals surface area contributed by atoms with Gasteiger partial charge in [-0.1, -0.05) is 19.1 Å². The van der Waals surface area contributed by atoms with Crippen LogP contribution in [0.2, 0.25) is 0 Å². The Bertz CT molecular complexity index is 704. The Hall–Kier alpha value is -2.57. The molecule has 3 amide bonds. The zero-order valence-electron chi connectivity index (χ0n) is 16.0. The van der Waals surface area contributed by atoms with Crippen LogP contribution in [0.15, 0.2) is 24.3 Å². The number of carbonyl (C=O) groups is 3. The number of aryl methyl sites for hydroxylation is 1. The fraction of sp³-hybridized carbons (Fsp3) is 0.550. The van der Waals surface area contributed by atoms with Crippen molar-refractivity contribution in [1.29, 1.82) is 0 Å². The van der Waals surface area contributed by atoms with E-state index in [0.717, 1.165) is 6.42 Å². The lowest BCUT2D eigenvalue weighted by atomic mass is 10.0. The second kappa shape index (κ2) is 7.98. The second-order valence-electron chi connectivity index (χ2n) is 7.06. The van der Waals surface area contributed by atoms with Gasteiger partial charge in [-0.2, -0.15) is 0 Å². The average Bonchev–Trinajstić information content (AvgIpc) is 3.50. The molecule has 27 heavy (non-hydrogen) atoms. The van der Waals surface area contributed by atoms with Gasteiger partial charge in [-0.15, -0.1) is 0 Å². The first-order valence-electron chi connectivity index (χ1n) is 9.61. The lowest BCUT2D eigenvalue weighted by Crippen LogP contribution is -2.53. The fourth-order valence-corrected chi connectivity index (χ4v) is 3.35. The molecule has 0 radical (unpaired) electrons. The predicted octanol–water partition coefficient (Wildman–Crippen LogP) is 2.27. The molecule has 0 spiro atoms. The van der Waals surface area contributed by atoms with Gasteiger partial charge in [0.25, 0.3) is 0 Å². The summed E-state index contributed by atoms with van der Waals surface area (Å²) in [4.78, 5) is 40.8. The number of carbonyl (C=O) groups excluding carboxylic acids is 3. The van der Waals surface area contributed by atoms with Gasteiger partial charge >= 0.3 is 6.09 Å². The molecule has 3 rings (SSSR count). The van der Waals surface area contributed by atoms with E-state index in [1.807, 2.05) is 24.3 Å². The zero-order valence-corrected chi connectivity index (χ0v) is 16.0. The number of rotatable bonds is 5. The Balaban J connectivity index is 1.57. The quantitative estimate of drug-likeness (QED) is 0.803. The third-order valence-electron chi connectivity index (χ3n) is 5.31. The van der Waals surface area contributed by atoms with Crippen molar-refractivity contribution in [1.82, 2.24) is 9.80 Å². The number of hydrogen-bond acceptors (Lipinski definition) is 4. The van der Waals surface area contributed by atoms with Crippen molar-refractivity contribution in [3.05, 3.63) is 29.8 Å². The molecule has 146 valence electrons. The summed E-state index contributed by atoms with van der Waals surface area (Å²) in [6, 6.07) is 7.70. The van der Waals surface area contributed by atoms with E-state index < -0.39 is 5.41 Å². The van der Waals surface area contributed by atoms with Crippen LogP contribution in [0.25, 0.3) is 0 Å². The molecule has 1 saturated carbocycles. The maximum atomic E-state index is 12.9. The summed E-state index contributed by atoms with van der Waals surface area (Å²) >= 11 is 0. The molecule has 7 nitrogen and oxygen atoms in total. The van der Waals surface area contributed by atoms with Gasteiger partial charge in [-0.25, -0.2) is 4.79 Å². The lowest BCUT2D eigenvalue weighted by Gasteiger charge is -2.35. The number of piperazine rings is 1. The van der Waals surface area contributed by atoms with Crippen LogP contribution < -0.4 is 5.32 Å². The van der Waals surface area contributed by atoms with Crippen LogP contribution in [0.5, 0.6) is 0 Å². The minimum Gasteiger partial charge on any atom is -0.450 e. The Labute approximate surface area is 159 Å². The van der Waals surface area contributed by atoms with Crippen LogP contribution in [0.1, 0.15) is 32.3 Å². The molecule has 7 heteroatoms. The Kier molecular flexibility index (Phi) is 5.68. The molecule has 0 aromatic heterocycles. The van der Waals surface area contributed by atoms with Gasteiger partial charge in [0, 0.05) is 31.9 Å². The summed E-state index contributed by atoms with van der Waals surface area (Å²) in [5.41, 5.74) is 0.961. The normalized spacial score (nSPS) is 18.0. The average molecular weight is 373 g/mol. The van der Waals surface area contributed by atoms with E-state index in [1.165, 1.54) is 5.56 Å². The predicted molar refractivity (Wildman–Crippen MR) is 101 cm³/mol. The molecule has 1 heterocycles. The highest BCUT2D eigenvalue weighted by molar-refractivity contribution is 6.13. The second-order valence-corrected chi connectivity index (χ2v) is 7.06. The van der Waals surface area contributed by atoms with Gasteiger partial charge in [0.05, 0.1) is 6.61 Å². The van der Waals surface area contributed by atoms with E-state index in [0.29, 0.717) is 51.3 Å². The molecular formula is C20H27N3O4. The Morgan fingerprint density at radius 1 is 1.00 bits per heavy atom. The molecule has 2 aliphatic rings. The van der Waals surface area contributed by atoms with Gasteiger partial charge in [0.15, 0.2) is 0 Å². The lowest BCUT2D eigenvalue weighted by molar-refractivity contribution is -0.143. The van der Waals surface area contributed by atoms with Crippen LogP contribution in [-0.4, -0.2) is 60.5 Å². The van der Waals surface area contributed by atoms with E-state index in [9.17, 15) is 14.4 Å². The van der Waals surface area contributed by atoms with Crippen molar-refractivity contribution in [2.75, 3.05) is 38.1 Å². The number of hydrogen-bond donors (Lipinski definition) is 1. The van der Waals surface area contributed by atoms with Gasteiger partial charge < -0.3 is 19.9 Å². The largest absolute Gasteiger partial charge is 0.450 e. The van der Waals surface area contributed by atoms with E-state index in [2.05, 4.69) is 12.2 Å². The molecule has 0 bridgehead atoms. The minimum atomic E-state index is -0.949. The van der Waals surface area contributed by atoms with Crippen molar-refractivity contribution in [3.63, 3.8) is 0 Å². The Morgan fingerprint density at radius 2 is 1.59 bits per heavy atom. The highest BCUT2D eigenvalue weighted by atomic mass is 16.6. The zero-order chi connectivity index (χ0) is 19.4. The first kappa shape index (κ1) is 19.2. The van der Waals surface area contributed by atoms with E-state index >= 15 is 0 Å². The maximum absolute atomic E-state index is 12.9. The number of benzene rings is 1. The van der Waals surface area contributed by atoms with Crippen LogP contribution in [0.3, 0.4) is 0 Å². The fourth-order valence-electron chi connectivity index (χ4n) is 3.35. The van der Waals surface area contributed by atoms with Crippen molar-refractivity contribution in [2.45, 2.75) is 33.1 Å². The summed E-state index contributed by atoms with van der Waals surface area (Å²) < 4.78 is 5.00. The molecular weight excluding hydrogens is 346 g/mol. The molecule has 2 fully saturated rings. The number of nitrogens with zero attached hydrogens (tertiary/aromatic N) is 2. The van der Waals surface area contributed by atoms with Crippen molar-refractivity contribution >= 4 is 23.6 Å². The molecule has 1 aromatic carbocycles. The summed E-state index contributed by atoms with van der Waals surface area (Å²) in [6.45, 7) is 5.90. The number of amides is 3. The topological polar surface area (TPSA) is 79.0 Å². The van der Waals surface area contributed by atoms with E-state index in [-0.39, 0.29) is 17.9 Å². The summed E-state index contributed by atoms with van der Waals surface area (Å²) in [5, 5.41) is 2.89. The standard InChI is InChI=1S/C20H27N3O4/c1-3-15-5-7-16(8-6-15)21-17(24)20(9-10-20)18(25)22-11-13-23(14-12-22)19(26)27-4-2/h5-8H,3-4,9-14H2,1-2H3,(H,21,24). The monoisotopic (exact) mass is 373 g/mol. The molecule has 0 unspecified atom stereocenters. The van der Waals surface area contributed by atoms with Crippen LogP contribution in [0.4, 0.5) is 10.5 Å². The summed E-state index contributed by atoms with van der Waals surface area (Å²) in [7, 11) is 0. The van der Waals surface area contributed by atoms with Gasteiger partial charge in [-0.05, 0) is 43.9 Å². The van der Waals surface area contributed by atoms with E-state index in [1.54, 1.807) is 16.7 Å². The molecule has 1 aromatic rings. The highest BCUT2D eigenvalue weighted by Crippen LogP contribution is 2.48. The van der Waals surface area contributed by atoms with Crippen LogP contribution >= 0.6 is 0 Å². The first-order chi connectivity index (χ1) is 13.0. The molecule has 1 aliphatic heterocycles. The first-order valence-corrected chi connectivity index (χ1v) is 9.61. The van der Waals surface area contributed by atoms with Crippen molar-refractivity contribution in [2.24, 2.45) is 5.41 Å². The van der Waals surface area contributed by atoms with Crippen molar-refractivity contribution < 1.29 is 19.1 Å². The summed E-state index contributed by atoms with van der Waals surface area (Å²) in [6.07, 6.45) is 1.74. The third kappa shape index (κ3) is 4.07. The van der Waals surface area contributed by atoms with Gasteiger partial charge in [0.2, 0.25) is 11.8 Å². The maximum Gasteiger partial charge on any atom is 0.409 e.